The summed E-state index contributed by atoms with van der Waals surface area (Å²) in [5.41, 5.74) is 3.42. The van der Waals surface area contributed by atoms with Crippen molar-refractivity contribution in [1.29, 1.82) is 0 Å². The third-order valence-electron chi connectivity index (χ3n) is 1.32. The molecule has 0 heterocycles. The summed E-state index contributed by atoms with van der Waals surface area (Å²) in [5, 5.41) is 15.9. The maximum Gasteiger partial charge on any atom is 0.0829 e. The highest BCUT2D eigenvalue weighted by molar-refractivity contribution is 6.40. The van der Waals surface area contributed by atoms with Crippen LogP contribution in [0.15, 0.2) is 20.4 Å². The molecule has 0 aliphatic heterocycles. The van der Waals surface area contributed by atoms with Gasteiger partial charge in [0.2, 0.25) is 0 Å². The first kappa shape index (κ1) is 12.7. The molecule has 0 aromatic carbocycles. The Morgan fingerprint density at radius 2 is 0.786 bits per heavy atom. The summed E-state index contributed by atoms with van der Waals surface area (Å²) >= 11 is 0. The lowest BCUT2D eigenvalue weighted by Gasteiger charge is -1.94. The molecular weight excluding hydrogens is 176 g/mol. The van der Waals surface area contributed by atoms with Gasteiger partial charge in [-0.25, -0.2) is 0 Å². The zero-order valence-electron chi connectivity index (χ0n) is 9.79. The van der Waals surface area contributed by atoms with E-state index in [0.29, 0.717) is 0 Å². The van der Waals surface area contributed by atoms with Crippen molar-refractivity contribution in [3.05, 3.63) is 0 Å². The van der Waals surface area contributed by atoms with Gasteiger partial charge in [0, 0.05) is 11.4 Å². The highest BCUT2D eigenvalue weighted by atomic mass is 15.2. The Morgan fingerprint density at radius 3 is 1.00 bits per heavy atom. The molecule has 0 fully saturated rings. The molecule has 0 atom stereocenters. The Balaban J connectivity index is 4.62. The van der Waals surface area contributed by atoms with Crippen molar-refractivity contribution >= 4 is 22.8 Å². The molecule has 0 saturated heterocycles. The van der Waals surface area contributed by atoms with E-state index in [-0.39, 0.29) is 0 Å². The maximum absolute atomic E-state index is 4.01. The van der Waals surface area contributed by atoms with Crippen molar-refractivity contribution < 1.29 is 0 Å². The normalized spacial score (nSPS) is 12.4. The van der Waals surface area contributed by atoms with Crippen molar-refractivity contribution in [1.82, 2.24) is 0 Å². The minimum atomic E-state index is 0.788. The largest absolute Gasteiger partial charge is 0.160 e. The van der Waals surface area contributed by atoms with E-state index in [1.165, 1.54) is 0 Å². The van der Waals surface area contributed by atoms with E-state index in [0.717, 1.165) is 22.8 Å². The fraction of sp³-hybridized carbons (Fsp3) is 0.600. The SMILES string of the molecule is CC(C)=N/N=C(C)/C(C)=N/N=C(C)C. The number of nitrogens with zero attached hydrogens (tertiary/aromatic N) is 4. The van der Waals surface area contributed by atoms with Crippen LogP contribution in [0, 0.1) is 0 Å². The fourth-order valence-corrected chi connectivity index (χ4v) is 0.495. The molecule has 0 amide bonds. The Kier molecular flexibility index (Phi) is 5.60. The molecule has 78 valence electrons. The Hall–Kier alpha value is -1.32. The molecule has 0 unspecified atom stereocenters. The van der Waals surface area contributed by atoms with E-state index in [2.05, 4.69) is 20.4 Å². The molecule has 0 bridgehead atoms. The number of hydrogen-bond donors (Lipinski definition) is 0. The molecule has 0 N–H and O–H groups in total. The standard InChI is InChI=1S/C10H18N4/c1-7(2)11-13-9(5)10(6)14-12-8(3)4/h1-6H3/b13-9+,14-10+. The molecule has 4 heteroatoms. The van der Waals surface area contributed by atoms with Gasteiger partial charge in [0.1, 0.15) is 0 Å². The summed E-state index contributed by atoms with van der Waals surface area (Å²) in [4.78, 5) is 0. The molecule has 0 aliphatic rings. The van der Waals surface area contributed by atoms with Gasteiger partial charge in [-0.1, -0.05) is 0 Å². The lowest BCUT2D eigenvalue weighted by atomic mass is 10.3. The van der Waals surface area contributed by atoms with Gasteiger partial charge in [0.25, 0.3) is 0 Å². The zero-order chi connectivity index (χ0) is 11.1. The molecule has 0 radical (unpaired) electrons. The van der Waals surface area contributed by atoms with E-state index in [1.807, 2.05) is 41.5 Å². The summed E-state index contributed by atoms with van der Waals surface area (Å²) in [5.74, 6) is 0. The third kappa shape index (κ3) is 6.22. The molecule has 0 aliphatic carbocycles. The minimum absolute atomic E-state index is 0.788. The lowest BCUT2D eigenvalue weighted by Crippen LogP contribution is -2.04. The summed E-state index contributed by atoms with van der Waals surface area (Å²) in [7, 11) is 0. The van der Waals surface area contributed by atoms with Crippen LogP contribution in [0.4, 0.5) is 0 Å². The Morgan fingerprint density at radius 1 is 0.500 bits per heavy atom. The first-order valence-corrected chi connectivity index (χ1v) is 4.54. The van der Waals surface area contributed by atoms with Crippen molar-refractivity contribution in [2.75, 3.05) is 0 Å². The summed E-state index contributed by atoms with van der Waals surface area (Å²) in [6.45, 7) is 11.3. The van der Waals surface area contributed by atoms with Crippen LogP contribution in [0.5, 0.6) is 0 Å². The minimum Gasteiger partial charge on any atom is -0.160 e. The molecule has 14 heavy (non-hydrogen) atoms. The molecule has 0 rings (SSSR count). The predicted molar refractivity (Wildman–Crippen MR) is 63.8 cm³/mol. The third-order valence-corrected chi connectivity index (χ3v) is 1.32. The van der Waals surface area contributed by atoms with Gasteiger partial charge in [-0.3, -0.25) is 0 Å². The van der Waals surface area contributed by atoms with E-state index >= 15 is 0 Å². The van der Waals surface area contributed by atoms with Gasteiger partial charge in [0.05, 0.1) is 11.4 Å². The topological polar surface area (TPSA) is 49.4 Å². The molecule has 0 spiro atoms. The van der Waals surface area contributed by atoms with Gasteiger partial charge in [0.15, 0.2) is 0 Å². The van der Waals surface area contributed by atoms with Crippen LogP contribution in [0.1, 0.15) is 41.5 Å². The van der Waals surface area contributed by atoms with Crippen molar-refractivity contribution in [2.45, 2.75) is 41.5 Å². The lowest BCUT2D eigenvalue weighted by molar-refractivity contribution is 1.20. The highest BCUT2D eigenvalue weighted by Crippen LogP contribution is 1.89. The van der Waals surface area contributed by atoms with Crippen molar-refractivity contribution in [3.63, 3.8) is 0 Å². The van der Waals surface area contributed by atoms with Crippen LogP contribution >= 0.6 is 0 Å². The van der Waals surface area contributed by atoms with E-state index in [4.69, 9.17) is 0 Å². The second kappa shape index (κ2) is 6.18. The van der Waals surface area contributed by atoms with Crippen molar-refractivity contribution in [3.8, 4) is 0 Å². The summed E-state index contributed by atoms with van der Waals surface area (Å²) in [6.07, 6.45) is 0. The molecular formula is C10H18N4. The number of hydrogen-bond acceptors (Lipinski definition) is 4. The zero-order valence-corrected chi connectivity index (χ0v) is 9.79. The van der Waals surface area contributed by atoms with E-state index in [1.54, 1.807) is 0 Å². The van der Waals surface area contributed by atoms with Crippen LogP contribution in [0.2, 0.25) is 0 Å². The summed E-state index contributed by atoms with van der Waals surface area (Å²) < 4.78 is 0. The first-order chi connectivity index (χ1) is 6.43. The van der Waals surface area contributed by atoms with E-state index in [9.17, 15) is 0 Å². The molecule has 0 aromatic rings. The highest BCUT2D eigenvalue weighted by Gasteiger charge is 1.95. The van der Waals surface area contributed by atoms with Gasteiger partial charge >= 0.3 is 0 Å². The summed E-state index contributed by atoms with van der Waals surface area (Å²) in [6, 6.07) is 0. The number of rotatable bonds is 3. The van der Waals surface area contributed by atoms with Crippen LogP contribution in [0.3, 0.4) is 0 Å². The fourth-order valence-electron chi connectivity index (χ4n) is 0.495. The van der Waals surface area contributed by atoms with Crippen LogP contribution in [-0.2, 0) is 0 Å². The van der Waals surface area contributed by atoms with Gasteiger partial charge in [-0.15, -0.1) is 0 Å². The Bertz CT molecular complexity index is 268. The van der Waals surface area contributed by atoms with Gasteiger partial charge in [-0.2, -0.15) is 20.4 Å². The van der Waals surface area contributed by atoms with Gasteiger partial charge in [-0.05, 0) is 41.5 Å². The molecule has 0 saturated carbocycles. The predicted octanol–water partition coefficient (Wildman–Crippen LogP) is 2.70. The maximum atomic E-state index is 4.01. The van der Waals surface area contributed by atoms with Crippen LogP contribution in [-0.4, -0.2) is 22.8 Å². The smallest absolute Gasteiger partial charge is 0.0829 e. The average Bonchev–Trinajstić information content (AvgIpc) is 2.09. The van der Waals surface area contributed by atoms with Crippen LogP contribution < -0.4 is 0 Å². The quantitative estimate of drug-likeness (QED) is 0.490. The molecule has 0 aromatic heterocycles. The second-order valence-corrected chi connectivity index (χ2v) is 3.47. The van der Waals surface area contributed by atoms with Crippen LogP contribution in [0.25, 0.3) is 0 Å². The Labute approximate surface area is 85.5 Å². The van der Waals surface area contributed by atoms with Gasteiger partial charge < -0.3 is 0 Å². The first-order valence-electron chi connectivity index (χ1n) is 4.54. The average molecular weight is 194 g/mol. The molecule has 4 nitrogen and oxygen atoms in total. The van der Waals surface area contributed by atoms with E-state index < -0.39 is 0 Å². The second-order valence-electron chi connectivity index (χ2n) is 3.47. The van der Waals surface area contributed by atoms with Crippen molar-refractivity contribution in [2.24, 2.45) is 20.4 Å². The monoisotopic (exact) mass is 194 g/mol.